The SMILES string of the molecule is C=CCn1cc(Br)c(=O)[nH]c1=O. The molecule has 0 radical (unpaired) electrons. The van der Waals surface area contributed by atoms with Crippen LogP contribution in [0.25, 0.3) is 0 Å². The Morgan fingerprint density at radius 3 is 2.92 bits per heavy atom. The molecule has 1 aromatic rings. The monoisotopic (exact) mass is 230 g/mol. The number of nitrogens with zero attached hydrogens (tertiary/aromatic N) is 1. The zero-order chi connectivity index (χ0) is 9.14. The van der Waals surface area contributed by atoms with E-state index >= 15 is 0 Å². The normalized spacial score (nSPS) is 9.75. The topological polar surface area (TPSA) is 54.9 Å². The van der Waals surface area contributed by atoms with Crippen molar-refractivity contribution in [2.75, 3.05) is 0 Å². The molecule has 0 aromatic carbocycles. The number of nitrogens with one attached hydrogen (secondary N) is 1. The molecule has 4 nitrogen and oxygen atoms in total. The van der Waals surface area contributed by atoms with Crippen molar-refractivity contribution < 1.29 is 0 Å². The van der Waals surface area contributed by atoms with E-state index in [9.17, 15) is 9.59 Å². The molecule has 1 N–H and O–H groups in total. The van der Waals surface area contributed by atoms with E-state index in [0.29, 0.717) is 11.0 Å². The van der Waals surface area contributed by atoms with Crippen LogP contribution in [-0.2, 0) is 6.54 Å². The highest BCUT2D eigenvalue weighted by molar-refractivity contribution is 9.10. The second-order valence-corrected chi connectivity index (χ2v) is 3.03. The minimum absolute atomic E-state index is 0.337. The Labute approximate surface area is 76.7 Å². The zero-order valence-electron chi connectivity index (χ0n) is 6.21. The molecule has 0 amide bonds. The fourth-order valence-corrected chi connectivity index (χ4v) is 1.10. The lowest BCUT2D eigenvalue weighted by atomic mass is 10.5. The van der Waals surface area contributed by atoms with Gasteiger partial charge < -0.3 is 0 Å². The predicted octanol–water partition coefficient (Wildman–Crippen LogP) is 0.485. The zero-order valence-corrected chi connectivity index (χ0v) is 7.80. The van der Waals surface area contributed by atoms with Crippen LogP contribution in [0.3, 0.4) is 0 Å². The maximum Gasteiger partial charge on any atom is 0.328 e. The van der Waals surface area contributed by atoms with Gasteiger partial charge in [0.05, 0.1) is 4.47 Å². The molecule has 0 aliphatic rings. The Morgan fingerprint density at radius 2 is 2.33 bits per heavy atom. The molecule has 5 heteroatoms. The molecule has 12 heavy (non-hydrogen) atoms. The summed E-state index contributed by atoms with van der Waals surface area (Å²) in [5.74, 6) is 0. The van der Waals surface area contributed by atoms with E-state index in [-0.39, 0.29) is 0 Å². The first-order valence-corrected chi connectivity index (χ1v) is 4.04. The summed E-state index contributed by atoms with van der Waals surface area (Å²) in [6, 6.07) is 0. The molecule has 0 saturated heterocycles. The van der Waals surface area contributed by atoms with Crippen LogP contribution in [0.5, 0.6) is 0 Å². The fraction of sp³-hybridized carbons (Fsp3) is 0.143. The highest BCUT2D eigenvalue weighted by atomic mass is 79.9. The number of H-pyrrole nitrogens is 1. The van der Waals surface area contributed by atoms with E-state index in [4.69, 9.17) is 0 Å². The number of hydrogen-bond donors (Lipinski definition) is 1. The lowest BCUT2D eigenvalue weighted by Crippen LogP contribution is -2.29. The van der Waals surface area contributed by atoms with Gasteiger partial charge in [-0.3, -0.25) is 14.3 Å². The van der Waals surface area contributed by atoms with E-state index < -0.39 is 11.2 Å². The minimum Gasteiger partial charge on any atom is -0.296 e. The number of rotatable bonds is 2. The molecule has 0 aliphatic carbocycles. The summed E-state index contributed by atoms with van der Waals surface area (Å²) in [5.41, 5.74) is -0.844. The summed E-state index contributed by atoms with van der Waals surface area (Å²) >= 11 is 3.01. The third-order valence-electron chi connectivity index (χ3n) is 1.29. The lowest BCUT2D eigenvalue weighted by Gasteiger charge is -1.99. The summed E-state index contributed by atoms with van der Waals surface area (Å²) in [7, 11) is 0. The van der Waals surface area contributed by atoms with Crippen LogP contribution in [0.2, 0.25) is 0 Å². The maximum atomic E-state index is 11.0. The van der Waals surface area contributed by atoms with E-state index in [1.54, 1.807) is 6.08 Å². The first kappa shape index (κ1) is 8.99. The average molecular weight is 231 g/mol. The Bertz CT molecular complexity index is 405. The van der Waals surface area contributed by atoms with Crippen LogP contribution in [0.4, 0.5) is 0 Å². The molecule has 64 valence electrons. The largest absolute Gasteiger partial charge is 0.328 e. The van der Waals surface area contributed by atoms with Crippen molar-refractivity contribution in [3.63, 3.8) is 0 Å². The fourth-order valence-electron chi connectivity index (χ4n) is 0.757. The molecule has 0 aliphatic heterocycles. The van der Waals surface area contributed by atoms with Crippen LogP contribution in [0.1, 0.15) is 0 Å². The highest BCUT2D eigenvalue weighted by Gasteiger charge is 1.98. The van der Waals surface area contributed by atoms with Gasteiger partial charge in [-0.25, -0.2) is 4.79 Å². The van der Waals surface area contributed by atoms with Gasteiger partial charge in [0.1, 0.15) is 0 Å². The van der Waals surface area contributed by atoms with Crippen molar-refractivity contribution in [2.45, 2.75) is 6.54 Å². The Kier molecular flexibility index (Phi) is 2.65. The van der Waals surface area contributed by atoms with Crippen LogP contribution in [-0.4, -0.2) is 9.55 Å². The second kappa shape index (κ2) is 3.53. The molecule has 0 unspecified atom stereocenters. The maximum absolute atomic E-state index is 11.0. The lowest BCUT2D eigenvalue weighted by molar-refractivity contribution is 0.732. The number of allylic oxidation sites excluding steroid dienone is 1. The molecule has 0 bridgehead atoms. The second-order valence-electron chi connectivity index (χ2n) is 2.18. The van der Waals surface area contributed by atoms with Gasteiger partial charge in [-0.05, 0) is 15.9 Å². The van der Waals surface area contributed by atoms with Crippen LogP contribution in [0.15, 0.2) is 32.9 Å². The third-order valence-corrected chi connectivity index (χ3v) is 1.86. The molecule has 0 saturated carbocycles. The number of aromatic nitrogens is 2. The molecule has 1 heterocycles. The van der Waals surface area contributed by atoms with Crippen molar-refractivity contribution >= 4 is 15.9 Å². The summed E-state index contributed by atoms with van der Waals surface area (Å²) in [4.78, 5) is 24.0. The van der Waals surface area contributed by atoms with Crippen molar-refractivity contribution in [2.24, 2.45) is 0 Å². The average Bonchev–Trinajstić information content (AvgIpc) is 2.01. The van der Waals surface area contributed by atoms with Crippen molar-refractivity contribution in [3.05, 3.63) is 44.2 Å². The highest BCUT2D eigenvalue weighted by Crippen LogP contribution is 1.97. The van der Waals surface area contributed by atoms with Gasteiger partial charge in [-0.15, -0.1) is 6.58 Å². The van der Waals surface area contributed by atoms with Gasteiger partial charge in [-0.2, -0.15) is 0 Å². The van der Waals surface area contributed by atoms with Gasteiger partial charge >= 0.3 is 5.69 Å². The molecule has 0 spiro atoms. The molecular formula is C7H7BrN2O2. The van der Waals surface area contributed by atoms with Crippen molar-refractivity contribution in [1.29, 1.82) is 0 Å². The van der Waals surface area contributed by atoms with Gasteiger partial charge in [0.2, 0.25) is 0 Å². The summed E-state index contributed by atoms with van der Waals surface area (Å²) < 4.78 is 1.68. The van der Waals surface area contributed by atoms with Crippen LogP contribution < -0.4 is 11.2 Å². The number of hydrogen-bond acceptors (Lipinski definition) is 2. The third kappa shape index (κ3) is 1.73. The number of halogens is 1. The first-order valence-electron chi connectivity index (χ1n) is 3.25. The van der Waals surface area contributed by atoms with E-state index in [0.717, 1.165) is 0 Å². The van der Waals surface area contributed by atoms with Crippen LogP contribution in [0, 0.1) is 0 Å². The van der Waals surface area contributed by atoms with E-state index in [2.05, 4.69) is 27.5 Å². The Morgan fingerprint density at radius 1 is 1.67 bits per heavy atom. The van der Waals surface area contributed by atoms with E-state index in [1.807, 2.05) is 0 Å². The van der Waals surface area contributed by atoms with Crippen molar-refractivity contribution in [1.82, 2.24) is 9.55 Å². The quantitative estimate of drug-likeness (QED) is 0.753. The summed E-state index contributed by atoms with van der Waals surface area (Å²) in [6.07, 6.45) is 3.01. The summed E-state index contributed by atoms with van der Waals surface area (Å²) in [5, 5.41) is 0. The first-order chi connectivity index (χ1) is 5.65. The van der Waals surface area contributed by atoms with Gasteiger partial charge in [0, 0.05) is 12.7 Å². The predicted molar refractivity (Wildman–Crippen MR) is 49.2 cm³/mol. The minimum atomic E-state index is -0.428. The summed E-state index contributed by atoms with van der Waals surface area (Å²) in [6.45, 7) is 3.87. The van der Waals surface area contributed by atoms with Gasteiger partial charge in [0.15, 0.2) is 0 Å². The number of aromatic amines is 1. The Balaban J connectivity index is 3.32. The smallest absolute Gasteiger partial charge is 0.296 e. The standard InChI is InChI=1S/C7H7BrN2O2/c1-2-3-10-4-5(8)6(11)9-7(10)12/h2,4H,1,3H2,(H,9,11,12). The molecule has 1 aromatic heterocycles. The molecular weight excluding hydrogens is 224 g/mol. The Hall–Kier alpha value is -1.10. The van der Waals surface area contributed by atoms with E-state index in [1.165, 1.54) is 10.8 Å². The molecule has 1 rings (SSSR count). The van der Waals surface area contributed by atoms with Gasteiger partial charge in [0.25, 0.3) is 5.56 Å². The van der Waals surface area contributed by atoms with Crippen molar-refractivity contribution in [3.8, 4) is 0 Å². The molecule has 0 fully saturated rings. The molecule has 0 atom stereocenters. The van der Waals surface area contributed by atoms with Crippen LogP contribution >= 0.6 is 15.9 Å². The van der Waals surface area contributed by atoms with Gasteiger partial charge in [-0.1, -0.05) is 6.08 Å².